The fourth-order valence-corrected chi connectivity index (χ4v) is 2.43. The van der Waals surface area contributed by atoms with Crippen molar-refractivity contribution in [3.63, 3.8) is 0 Å². The van der Waals surface area contributed by atoms with Gasteiger partial charge in [-0.05, 0) is 63.1 Å². The number of ether oxygens (including phenoxy) is 2. The van der Waals surface area contributed by atoms with Crippen LogP contribution in [0.1, 0.15) is 32.8 Å². The molecule has 2 N–H and O–H groups in total. The van der Waals surface area contributed by atoms with Crippen molar-refractivity contribution >= 4 is 23.4 Å². The Morgan fingerprint density at radius 3 is 2.30 bits per heavy atom. The van der Waals surface area contributed by atoms with Crippen LogP contribution in [0.15, 0.2) is 42.5 Å². The third kappa shape index (κ3) is 8.02. The van der Waals surface area contributed by atoms with Crippen molar-refractivity contribution in [1.82, 2.24) is 0 Å². The van der Waals surface area contributed by atoms with Gasteiger partial charge in [0, 0.05) is 12.1 Å². The van der Waals surface area contributed by atoms with Gasteiger partial charge in [0.1, 0.15) is 17.2 Å². The number of benzene rings is 2. The number of aryl methyl sites for hydroxylation is 1. The molecule has 30 heavy (non-hydrogen) atoms. The van der Waals surface area contributed by atoms with Crippen molar-refractivity contribution in [1.29, 1.82) is 0 Å². The number of alkyl halides is 2. The lowest BCUT2D eigenvalue weighted by molar-refractivity contribution is -0.116. The summed E-state index contributed by atoms with van der Waals surface area (Å²) in [5.41, 5.74) is 0.211. The van der Waals surface area contributed by atoms with E-state index < -0.39 is 30.0 Å². The van der Waals surface area contributed by atoms with Crippen molar-refractivity contribution < 1.29 is 32.2 Å². The van der Waals surface area contributed by atoms with Gasteiger partial charge in [-0.1, -0.05) is 12.1 Å². The summed E-state index contributed by atoms with van der Waals surface area (Å²) in [5.74, 6) is -1.09. The second-order valence-electron chi connectivity index (χ2n) is 7.39. The minimum Gasteiger partial charge on any atom is -0.444 e. The summed E-state index contributed by atoms with van der Waals surface area (Å²) in [6.45, 7) is 2.23. The van der Waals surface area contributed by atoms with Crippen LogP contribution in [0.2, 0.25) is 0 Å². The fraction of sp³-hybridized carbons (Fsp3) is 0.333. The van der Waals surface area contributed by atoms with Gasteiger partial charge >= 0.3 is 12.7 Å². The second-order valence-corrected chi connectivity index (χ2v) is 7.39. The number of hydrogen-bond acceptors (Lipinski definition) is 4. The summed E-state index contributed by atoms with van der Waals surface area (Å²) >= 11 is 0. The molecular formula is C21H23F3N2O4. The first-order valence-electron chi connectivity index (χ1n) is 9.15. The molecule has 0 bridgehead atoms. The number of carbonyl (C=O) groups excluding carboxylic acids is 2. The Morgan fingerprint density at radius 1 is 1.03 bits per heavy atom. The molecule has 0 spiro atoms. The summed E-state index contributed by atoms with van der Waals surface area (Å²) in [6.07, 6.45) is -0.345. The molecule has 2 rings (SSSR count). The molecule has 0 fully saturated rings. The highest BCUT2D eigenvalue weighted by Crippen LogP contribution is 2.21. The predicted molar refractivity (Wildman–Crippen MR) is 106 cm³/mol. The van der Waals surface area contributed by atoms with Crippen LogP contribution in [-0.2, 0) is 16.0 Å². The topological polar surface area (TPSA) is 76.7 Å². The number of amides is 2. The van der Waals surface area contributed by atoms with Crippen LogP contribution >= 0.6 is 0 Å². The average molecular weight is 424 g/mol. The smallest absolute Gasteiger partial charge is 0.412 e. The van der Waals surface area contributed by atoms with Crippen LogP contribution in [0.4, 0.5) is 29.3 Å². The van der Waals surface area contributed by atoms with Gasteiger partial charge in [-0.15, -0.1) is 0 Å². The van der Waals surface area contributed by atoms with E-state index in [4.69, 9.17) is 4.74 Å². The second kappa shape index (κ2) is 10.00. The third-order valence-electron chi connectivity index (χ3n) is 3.67. The molecule has 2 aromatic carbocycles. The first-order chi connectivity index (χ1) is 14.0. The molecule has 0 aliphatic rings. The molecule has 0 heterocycles. The maximum Gasteiger partial charge on any atom is 0.412 e. The molecule has 9 heteroatoms. The first kappa shape index (κ1) is 23.1. The number of nitrogens with one attached hydrogen (secondary N) is 2. The molecule has 0 saturated heterocycles. The monoisotopic (exact) mass is 424 g/mol. The van der Waals surface area contributed by atoms with E-state index in [1.165, 1.54) is 24.3 Å². The Morgan fingerprint density at radius 2 is 1.70 bits per heavy atom. The minimum atomic E-state index is -2.91. The standard InChI is InChI=1S/C21H23F3N2O4/c1-21(2,3)30-20(28)25-14-7-10-16(22)17(12-14)26-18(27)11-6-13-4-8-15(9-5-13)29-19(23)24/h4-5,7-10,12,19H,6,11H2,1-3H3,(H,25,28)(H,26,27). The Hall–Kier alpha value is -3.23. The Balaban J connectivity index is 1.92. The number of rotatable bonds is 7. The highest BCUT2D eigenvalue weighted by Gasteiger charge is 2.17. The molecule has 2 aromatic rings. The molecule has 0 unspecified atom stereocenters. The molecule has 0 aliphatic carbocycles. The van der Waals surface area contributed by atoms with Gasteiger partial charge in [-0.3, -0.25) is 10.1 Å². The average Bonchev–Trinajstić information content (AvgIpc) is 2.62. The van der Waals surface area contributed by atoms with E-state index in [0.717, 1.165) is 11.6 Å². The van der Waals surface area contributed by atoms with E-state index in [2.05, 4.69) is 15.4 Å². The van der Waals surface area contributed by atoms with Crippen molar-refractivity contribution in [2.75, 3.05) is 10.6 Å². The van der Waals surface area contributed by atoms with Gasteiger partial charge in [-0.2, -0.15) is 8.78 Å². The maximum atomic E-state index is 14.0. The zero-order valence-corrected chi connectivity index (χ0v) is 16.8. The summed E-state index contributed by atoms with van der Waals surface area (Å²) < 4.78 is 47.7. The number of halogens is 3. The van der Waals surface area contributed by atoms with E-state index in [1.807, 2.05) is 0 Å². The van der Waals surface area contributed by atoms with Crippen LogP contribution in [0, 0.1) is 5.82 Å². The van der Waals surface area contributed by atoms with E-state index in [-0.39, 0.29) is 23.5 Å². The van der Waals surface area contributed by atoms with Crippen LogP contribution in [-0.4, -0.2) is 24.2 Å². The van der Waals surface area contributed by atoms with E-state index in [1.54, 1.807) is 32.9 Å². The van der Waals surface area contributed by atoms with Crippen molar-refractivity contribution in [3.05, 3.63) is 53.8 Å². The molecule has 0 radical (unpaired) electrons. The highest BCUT2D eigenvalue weighted by molar-refractivity contribution is 5.92. The molecule has 162 valence electrons. The zero-order chi connectivity index (χ0) is 22.3. The fourth-order valence-electron chi connectivity index (χ4n) is 2.43. The van der Waals surface area contributed by atoms with Gasteiger partial charge in [0.15, 0.2) is 0 Å². The number of anilines is 2. The summed E-state index contributed by atoms with van der Waals surface area (Å²) in [7, 11) is 0. The van der Waals surface area contributed by atoms with Crippen molar-refractivity contribution in [2.24, 2.45) is 0 Å². The van der Waals surface area contributed by atoms with Crippen LogP contribution in [0.25, 0.3) is 0 Å². The third-order valence-corrected chi connectivity index (χ3v) is 3.67. The van der Waals surface area contributed by atoms with Gasteiger partial charge in [-0.25, -0.2) is 9.18 Å². The maximum absolute atomic E-state index is 14.0. The van der Waals surface area contributed by atoms with Gasteiger partial charge in [0.2, 0.25) is 5.91 Å². The summed E-state index contributed by atoms with van der Waals surface area (Å²) in [4.78, 5) is 24.0. The van der Waals surface area contributed by atoms with Gasteiger partial charge in [0.05, 0.1) is 5.69 Å². The largest absolute Gasteiger partial charge is 0.444 e. The Labute approximate surface area is 172 Å². The lowest BCUT2D eigenvalue weighted by atomic mass is 10.1. The van der Waals surface area contributed by atoms with Crippen molar-refractivity contribution in [2.45, 2.75) is 45.8 Å². The lowest BCUT2D eigenvalue weighted by Crippen LogP contribution is -2.27. The number of hydrogen-bond donors (Lipinski definition) is 2. The molecular weight excluding hydrogens is 401 g/mol. The first-order valence-corrected chi connectivity index (χ1v) is 9.15. The molecule has 2 amide bonds. The predicted octanol–water partition coefficient (Wildman–Crippen LogP) is 5.35. The van der Waals surface area contributed by atoms with Crippen LogP contribution < -0.4 is 15.4 Å². The lowest BCUT2D eigenvalue weighted by Gasteiger charge is -2.19. The van der Waals surface area contributed by atoms with Crippen LogP contribution in [0.5, 0.6) is 5.75 Å². The molecule has 0 atom stereocenters. The highest BCUT2D eigenvalue weighted by atomic mass is 19.3. The van der Waals surface area contributed by atoms with E-state index in [9.17, 15) is 22.8 Å². The quantitative estimate of drug-likeness (QED) is 0.629. The zero-order valence-electron chi connectivity index (χ0n) is 16.8. The Kier molecular flexibility index (Phi) is 7.68. The molecule has 0 saturated carbocycles. The summed E-state index contributed by atoms with van der Waals surface area (Å²) in [6, 6.07) is 9.64. The normalized spacial score (nSPS) is 11.2. The van der Waals surface area contributed by atoms with Gasteiger partial charge < -0.3 is 14.8 Å². The molecule has 0 aliphatic heterocycles. The van der Waals surface area contributed by atoms with E-state index in [0.29, 0.717) is 6.42 Å². The van der Waals surface area contributed by atoms with E-state index >= 15 is 0 Å². The molecule has 6 nitrogen and oxygen atoms in total. The van der Waals surface area contributed by atoms with Crippen LogP contribution in [0.3, 0.4) is 0 Å². The number of carbonyl (C=O) groups is 2. The minimum absolute atomic E-state index is 0.0228. The molecule has 0 aromatic heterocycles. The Bertz CT molecular complexity index is 881. The summed E-state index contributed by atoms with van der Waals surface area (Å²) in [5, 5.41) is 4.92. The van der Waals surface area contributed by atoms with Crippen molar-refractivity contribution in [3.8, 4) is 5.75 Å². The van der Waals surface area contributed by atoms with Gasteiger partial charge in [0.25, 0.3) is 0 Å². The SMILES string of the molecule is CC(C)(C)OC(=O)Nc1ccc(F)c(NC(=O)CCc2ccc(OC(F)F)cc2)c1.